The number of nitrogens with one attached hydrogen (secondary N) is 3. The topological polar surface area (TPSA) is 87.3 Å². The Morgan fingerprint density at radius 1 is 0.828 bits per heavy atom. The zero-order valence-electron chi connectivity index (χ0n) is 16.1. The SMILES string of the molecule is C[C@H](NC(=O)Cc1ccc2ccccc2c1)C(=O)NCC(=O)Nc1ccccc1. The number of rotatable bonds is 7. The summed E-state index contributed by atoms with van der Waals surface area (Å²) in [4.78, 5) is 36.3. The quantitative estimate of drug-likeness (QED) is 0.581. The van der Waals surface area contributed by atoms with Gasteiger partial charge in [0.2, 0.25) is 17.7 Å². The number of hydrogen-bond acceptors (Lipinski definition) is 3. The molecule has 0 aliphatic carbocycles. The molecule has 1 atom stereocenters. The summed E-state index contributed by atoms with van der Waals surface area (Å²) in [5.41, 5.74) is 1.53. The molecule has 3 amide bonds. The third-order valence-electron chi connectivity index (χ3n) is 4.43. The van der Waals surface area contributed by atoms with Gasteiger partial charge in [0.1, 0.15) is 6.04 Å². The summed E-state index contributed by atoms with van der Waals surface area (Å²) in [7, 11) is 0. The lowest BCUT2D eigenvalue weighted by atomic mass is 10.0. The molecular weight excluding hydrogens is 366 g/mol. The Morgan fingerprint density at radius 3 is 2.28 bits per heavy atom. The molecular formula is C23H23N3O3. The molecule has 148 valence electrons. The summed E-state index contributed by atoms with van der Waals surface area (Å²) >= 11 is 0. The largest absolute Gasteiger partial charge is 0.345 e. The molecule has 6 heteroatoms. The second-order valence-corrected chi connectivity index (χ2v) is 6.78. The van der Waals surface area contributed by atoms with Crippen molar-refractivity contribution in [3.05, 3.63) is 78.4 Å². The lowest BCUT2D eigenvalue weighted by Crippen LogP contribution is -2.47. The Morgan fingerprint density at radius 2 is 1.52 bits per heavy atom. The predicted octanol–water partition coefficient (Wildman–Crippen LogP) is 2.64. The number of benzene rings is 3. The van der Waals surface area contributed by atoms with Crippen molar-refractivity contribution in [2.45, 2.75) is 19.4 Å². The molecule has 3 aromatic carbocycles. The molecule has 0 fully saturated rings. The van der Waals surface area contributed by atoms with Crippen LogP contribution in [-0.4, -0.2) is 30.3 Å². The van der Waals surface area contributed by atoms with E-state index in [1.165, 1.54) is 0 Å². The van der Waals surface area contributed by atoms with Crippen molar-refractivity contribution in [1.82, 2.24) is 10.6 Å². The molecule has 6 nitrogen and oxygen atoms in total. The van der Waals surface area contributed by atoms with Gasteiger partial charge in [-0.1, -0.05) is 60.7 Å². The van der Waals surface area contributed by atoms with Crippen molar-refractivity contribution in [1.29, 1.82) is 0 Å². The van der Waals surface area contributed by atoms with Crippen molar-refractivity contribution >= 4 is 34.2 Å². The van der Waals surface area contributed by atoms with Gasteiger partial charge >= 0.3 is 0 Å². The van der Waals surface area contributed by atoms with Crippen molar-refractivity contribution in [3.63, 3.8) is 0 Å². The molecule has 0 aliphatic heterocycles. The van der Waals surface area contributed by atoms with Crippen LogP contribution in [0.15, 0.2) is 72.8 Å². The van der Waals surface area contributed by atoms with Gasteiger partial charge in [0.15, 0.2) is 0 Å². The highest BCUT2D eigenvalue weighted by Crippen LogP contribution is 2.16. The molecule has 3 rings (SSSR count). The van der Waals surface area contributed by atoms with Gasteiger partial charge in [0.05, 0.1) is 13.0 Å². The molecule has 0 bridgehead atoms. The summed E-state index contributed by atoms with van der Waals surface area (Å²) in [5.74, 6) is -1.00. The van der Waals surface area contributed by atoms with Gasteiger partial charge in [-0.25, -0.2) is 0 Å². The number of anilines is 1. The Bertz CT molecular complexity index is 1020. The standard InChI is InChI=1S/C23H23N3O3/c1-16(23(29)24-15-22(28)26-20-9-3-2-4-10-20)25-21(27)14-17-11-12-18-7-5-6-8-19(18)13-17/h2-13,16H,14-15H2,1H3,(H,24,29)(H,25,27)(H,26,28)/t16-/m0/s1. The van der Waals surface area contributed by atoms with Gasteiger partial charge in [-0.3, -0.25) is 14.4 Å². The summed E-state index contributed by atoms with van der Waals surface area (Å²) in [6.07, 6.45) is 0.178. The number of carbonyl (C=O) groups is 3. The average molecular weight is 389 g/mol. The van der Waals surface area contributed by atoms with E-state index in [4.69, 9.17) is 0 Å². The van der Waals surface area contributed by atoms with E-state index < -0.39 is 11.9 Å². The summed E-state index contributed by atoms with van der Waals surface area (Å²) in [6, 6.07) is 22.0. The van der Waals surface area contributed by atoms with Crippen LogP contribution in [0.5, 0.6) is 0 Å². The number of fused-ring (bicyclic) bond motifs is 1. The number of amides is 3. The molecule has 0 aliphatic rings. The minimum absolute atomic E-state index is 0.168. The Hall–Kier alpha value is -3.67. The van der Waals surface area contributed by atoms with Crippen LogP contribution in [0.1, 0.15) is 12.5 Å². The maximum atomic E-state index is 12.3. The lowest BCUT2D eigenvalue weighted by Gasteiger charge is -2.14. The lowest BCUT2D eigenvalue weighted by molar-refractivity contribution is -0.129. The van der Waals surface area contributed by atoms with Gasteiger partial charge in [-0.05, 0) is 35.4 Å². The fourth-order valence-corrected chi connectivity index (χ4v) is 2.94. The van der Waals surface area contributed by atoms with Crippen LogP contribution in [0.25, 0.3) is 10.8 Å². The third kappa shape index (κ3) is 5.90. The van der Waals surface area contributed by atoms with Gasteiger partial charge in [0, 0.05) is 5.69 Å². The minimum Gasteiger partial charge on any atom is -0.345 e. The molecule has 3 aromatic rings. The van der Waals surface area contributed by atoms with E-state index in [1.807, 2.05) is 48.5 Å². The Kier molecular flexibility index (Phi) is 6.58. The predicted molar refractivity (Wildman–Crippen MR) is 113 cm³/mol. The molecule has 29 heavy (non-hydrogen) atoms. The van der Waals surface area contributed by atoms with Crippen molar-refractivity contribution in [2.75, 3.05) is 11.9 Å². The van der Waals surface area contributed by atoms with Crippen LogP contribution < -0.4 is 16.0 Å². The van der Waals surface area contributed by atoms with E-state index in [0.717, 1.165) is 16.3 Å². The van der Waals surface area contributed by atoms with Gasteiger partial charge < -0.3 is 16.0 Å². The first-order valence-electron chi connectivity index (χ1n) is 9.41. The van der Waals surface area contributed by atoms with Crippen molar-refractivity contribution < 1.29 is 14.4 Å². The first-order chi connectivity index (χ1) is 14.0. The molecule has 0 unspecified atom stereocenters. The third-order valence-corrected chi connectivity index (χ3v) is 4.43. The van der Waals surface area contributed by atoms with Crippen LogP contribution in [0.3, 0.4) is 0 Å². The second kappa shape index (κ2) is 9.50. The smallest absolute Gasteiger partial charge is 0.243 e. The highest BCUT2D eigenvalue weighted by Gasteiger charge is 2.16. The first-order valence-corrected chi connectivity index (χ1v) is 9.41. The Balaban J connectivity index is 1.45. The summed E-state index contributed by atoms with van der Waals surface area (Å²) in [5, 5.41) is 10.1. The zero-order chi connectivity index (χ0) is 20.6. The zero-order valence-corrected chi connectivity index (χ0v) is 16.1. The summed E-state index contributed by atoms with van der Waals surface area (Å²) in [6.45, 7) is 1.42. The van der Waals surface area contributed by atoms with E-state index in [0.29, 0.717) is 5.69 Å². The fourth-order valence-electron chi connectivity index (χ4n) is 2.94. The van der Waals surface area contributed by atoms with E-state index in [1.54, 1.807) is 31.2 Å². The van der Waals surface area contributed by atoms with Crippen molar-refractivity contribution in [3.8, 4) is 0 Å². The number of hydrogen-bond donors (Lipinski definition) is 3. The fraction of sp³-hybridized carbons (Fsp3) is 0.174. The molecule has 0 spiro atoms. The number of para-hydroxylation sites is 1. The second-order valence-electron chi connectivity index (χ2n) is 6.78. The molecule has 0 heterocycles. The van der Waals surface area contributed by atoms with Crippen LogP contribution in [-0.2, 0) is 20.8 Å². The Labute approximate surface area is 169 Å². The monoisotopic (exact) mass is 389 g/mol. The molecule has 0 radical (unpaired) electrons. The van der Waals surface area contributed by atoms with E-state index in [9.17, 15) is 14.4 Å². The average Bonchev–Trinajstić information content (AvgIpc) is 2.72. The molecule has 0 saturated carbocycles. The normalized spacial score (nSPS) is 11.5. The van der Waals surface area contributed by atoms with Crippen LogP contribution in [0.2, 0.25) is 0 Å². The van der Waals surface area contributed by atoms with E-state index >= 15 is 0 Å². The first kappa shape index (κ1) is 20.1. The number of carbonyl (C=O) groups excluding carboxylic acids is 3. The highest BCUT2D eigenvalue weighted by molar-refractivity contribution is 5.96. The van der Waals surface area contributed by atoms with Crippen LogP contribution in [0, 0.1) is 0 Å². The molecule has 0 aromatic heterocycles. The summed E-state index contributed by atoms with van der Waals surface area (Å²) < 4.78 is 0. The van der Waals surface area contributed by atoms with Gasteiger partial charge in [-0.2, -0.15) is 0 Å². The molecule has 3 N–H and O–H groups in total. The van der Waals surface area contributed by atoms with Gasteiger partial charge in [0.25, 0.3) is 0 Å². The van der Waals surface area contributed by atoms with E-state index in [-0.39, 0.29) is 24.8 Å². The highest BCUT2D eigenvalue weighted by atomic mass is 16.2. The van der Waals surface area contributed by atoms with Crippen molar-refractivity contribution in [2.24, 2.45) is 0 Å². The van der Waals surface area contributed by atoms with Gasteiger partial charge in [-0.15, -0.1) is 0 Å². The minimum atomic E-state index is -0.743. The maximum absolute atomic E-state index is 12.3. The van der Waals surface area contributed by atoms with Crippen LogP contribution in [0.4, 0.5) is 5.69 Å². The maximum Gasteiger partial charge on any atom is 0.243 e. The van der Waals surface area contributed by atoms with E-state index in [2.05, 4.69) is 16.0 Å². The molecule has 0 saturated heterocycles. The van der Waals surface area contributed by atoms with Crippen LogP contribution >= 0.6 is 0 Å².